The van der Waals surface area contributed by atoms with E-state index in [-0.39, 0.29) is 18.0 Å². The Morgan fingerprint density at radius 3 is 2.76 bits per heavy atom. The Kier molecular flexibility index (Phi) is 4.15. The summed E-state index contributed by atoms with van der Waals surface area (Å²) in [5.74, 6) is 1.04. The standard InChI is InChI=1S/C18H17N5OS/c1-25-12-8-6-11(7-9-12)18(24)21-16-10-15(22-23-16)17-19-13-4-2-3-5-14(13)20-17/h2-10,13-14H,1H3,(H,19,20)(H2,21,22,23,24). The SMILES string of the molecule is CSc1ccc(C(=O)Nc2cc(C3=NC4C=CC=CC4N3)[nH]n2)cc1. The Labute approximate surface area is 149 Å². The zero-order valence-electron chi connectivity index (χ0n) is 13.6. The van der Waals surface area contributed by atoms with Crippen LogP contribution in [0.25, 0.3) is 0 Å². The molecule has 1 aliphatic heterocycles. The number of H-pyrrole nitrogens is 1. The lowest BCUT2D eigenvalue weighted by molar-refractivity contribution is 0.102. The van der Waals surface area contributed by atoms with Gasteiger partial charge in [-0.05, 0) is 30.5 Å². The van der Waals surface area contributed by atoms with Gasteiger partial charge in [-0.1, -0.05) is 24.3 Å². The first-order valence-corrected chi connectivity index (χ1v) is 9.16. The molecule has 0 saturated heterocycles. The summed E-state index contributed by atoms with van der Waals surface area (Å²) in [4.78, 5) is 18.1. The maximum Gasteiger partial charge on any atom is 0.256 e. The fourth-order valence-electron chi connectivity index (χ4n) is 2.78. The molecule has 2 aromatic rings. The first-order valence-electron chi connectivity index (χ1n) is 7.93. The number of hydrogen-bond acceptors (Lipinski definition) is 5. The fourth-order valence-corrected chi connectivity index (χ4v) is 3.19. The van der Waals surface area contributed by atoms with Crippen molar-refractivity contribution in [1.29, 1.82) is 0 Å². The predicted molar refractivity (Wildman–Crippen MR) is 100 cm³/mol. The van der Waals surface area contributed by atoms with E-state index in [4.69, 9.17) is 0 Å². The highest BCUT2D eigenvalue weighted by atomic mass is 32.2. The van der Waals surface area contributed by atoms with Gasteiger partial charge in [0.05, 0.1) is 12.1 Å². The van der Waals surface area contributed by atoms with Crippen LogP contribution in [0.4, 0.5) is 5.82 Å². The minimum atomic E-state index is -0.188. The van der Waals surface area contributed by atoms with Gasteiger partial charge in [0.15, 0.2) is 5.82 Å². The normalized spacial score (nSPS) is 20.8. The molecule has 126 valence electrons. The van der Waals surface area contributed by atoms with Crippen molar-refractivity contribution in [2.45, 2.75) is 17.0 Å². The van der Waals surface area contributed by atoms with Crippen LogP contribution >= 0.6 is 11.8 Å². The van der Waals surface area contributed by atoms with Gasteiger partial charge in [0, 0.05) is 16.5 Å². The van der Waals surface area contributed by atoms with Crippen molar-refractivity contribution >= 4 is 29.3 Å². The van der Waals surface area contributed by atoms with Crippen molar-refractivity contribution in [3.8, 4) is 0 Å². The van der Waals surface area contributed by atoms with Gasteiger partial charge in [-0.3, -0.25) is 14.9 Å². The summed E-state index contributed by atoms with van der Waals surface area (Å²) in [6, 6.07) is 9.53. The van der Waals surface area contributed by atoms with E-state index >= 15 is 0 Å². The van der Waals surface area contributed by atoms with Crippen molar-refractivity contribution in [3.63, 3.8) is 0 Å². The Hall–Kier alpha value is -2.80. The average Bonchev–Trinajstić information content (AvgIpc) is 3.28. The number of allylic oxidation sites excluding steroid dienone is 2. The average molecular weight is 351 g/mol. The first-order chi connectivity index (χ1) is 12.2. The number of carbonyl (C=O) groups excluding carboxylic acids is 1. The third kappa shape index (κ3) is 3.23. The van der Waals surface area contributed by atoms with Crippen molar-refractivity contribution < 1.29 is 4.79 Å². The minimum absolute atomic E-state index is 0.108. The molecule has 0 saturated carbocycles. The van der Waals surface area contributed by atoms with Crippen LogP contribution in [0.2, 0.25) is 0 Å². The number of aliphatic imine (C=N–C) groups is 1. The molecule has 2 heterocycles. The molecule has 25 heavy (non-hydrogen) atoms. The summed E-state index contributed by atoms with van der Waals surface area (Å²) in [7, 11) is 0. The molecule has 1 aromatic heterocycles. The summed E-state index contributed by atoms with van der Waals surface area (Å²) in [5, 5.41) is 13.2. The second kappa shape index (κ2) is 6.60. The lowest BCUT2D eigenvalue weighted by atomic mass is 10.1. The van der Waals surface area contributed by atoms with Crippen LogP contribution in [-0.2, 0) is 0 Å². The van der Waals surface area contributed by atoms with E-state index in [2.05, 4.69) is 38.0 Å². The molecule has 0 spiro atoms. The molecule has 3 N–H and O–H groups in total. The maximum atomic E-state index is 12.3. The van der Waals surface area contributed by atoms with Gasteiger partial charge in [0.1, 0.15) is 11.5 Å². The van der Waals surface area contributed by atoms with Gasteiger partial charge in [0.25, 0.3) is 5.91 Å². The number of aromatic nitrogens is 2. The van der Waals surface area contributed by atoms with Crippen molar-refractivity contribution in [2.24, 2.45) is 4.99 Å². The highest BCUT2D eigenvalue weighted by molar-refractivity contribution is 7.98. The molecule has 4 rings (SSSR count). The number of benzene rings is 1. The third-order valence-corrected chi connectivity index (χ3v) is 4.86. The Bertz CT molecular complexity index is 881. The second-order valence-electron chi connectivity index (χ2n) is 5.76. The molecule has 1 aromatic carbocycles. The summed E-state index contributed by atoms with van der Waals surface area (Å²) < 4.78 is 0. The summed E-state index contributed by atoms with van der Waals surface area (Å²) in [6.07, 6.45) is 10.1. The Balaban J connectivity index is 1.45. The summed E-state index contributed by atoms with van der Waals surface area (Å²) in [6.45, 7) is 0. The molecule has 0 bridgehead atoms. The lowest BCUT2D eigenvalue weighted by Gasteiger charge is -2.13. The van der Waals surface area contributed by atoms with Gasteiger partial charge in [-0.15, -0.1) is 11.8 Å². The molecule has 7 heteroatoms. The maximum absolute atomic E-state index is 12.3. The van der Waals surface area contributed by atoms with Crippen LogP contribution in [0.1, 0.15) is 16.1 Å². The van der Waals surface area contributed by atoms with Gasteiger partial charge in [0.2, 0.25) is 0 Å². The number of anilines is 1. The van der Waals surface area contributed by atoms with Crippen LogP contribution in [0.5, 0.6) is 0 Å². The number of amidine groups is 1. The fraction of sp³-hybridized carbons (Fsp3) is 0.167. The van der Waals surface area contributed by atoms with Crippen molar-refractivity contribution in [2.75, 3.05) is 11.6 Å². The van der Waals surface area contributed by atoms with Crippen LogP contribution < -0.4 is 10.6 Å². The molecule has 2 atom stereocenters. The molecule has 1 amide bonds. The van der Waals surface area contributed by atoms with Gasteiger partial charge in [-0.2, -0.15) is 5.10 Å². The molecule has 2 aliphatic rings. The van der Waals surface area contributed by atoms with E-state index < -0.39 is 0 Å². The van der Waals surface area contributed by atoms with E-state index in [9.17, 15) is 4.79 Å². The minimum Gasteiger partial charge on any atom is -0.360 e. The summed E-state index contributed by atoms with van der Waals surface area (Å²) >= 11 is 1.64. The number of nitrogens with zero attached hydrogens (tertiary/aromatic N) is 2. The molecule has 1 aliphatic carbocycles. The zero-order valence-corrected chi connectivity index (χ0v) is 14.4. The monoisotopic (exact) mass is 351 g/mol. The highest BCUT2D eigenvalue weighted by Gasteiger charge is 2.27. The van der Waals surface area contributed by atoms with Gasteiger partial charge in [-0.25, -0.2) is 0 Å². The van der Waals surface area contributed by atoms with Crippen molar-refractivity contribution in [1.82, 2.24) is 15.5 Å². The van der Waals surface area contributed by atoms with Gasteiger partial charge < -0.3 is 10.6 Å². The van der Waals surface area contributed by atoms with E-state index in [1.807, 2.05) is 30.5 Å². The van der Waals surface area contributed by atoms with E-state index in [1.54, 1.807) is 30.0 Å². The largest absolute Gasteiger partial charge is 0.360 e. The zero-order chi connectivity index (χ0) is 17.2. The number of thioether (sulfide) groups is 1. The topological polar surface area (TPSA) is 82.2 Å². The third-order valence-electron chi connectivity index (χ3n) is 4.11. The van der Waals surface area contributed by atoms with Gasteiger partial charge >= 0.3 is 0 Å². The number of rotatable bonds is 4. The van der Waals surface area contributed by atoms with Crippen LogP contribution in [-0.4, -0.2) is 40.3 Å². The Morgan fingerprint density at radius 2 is 2.00 bits per heavy atom. The second-order valence-corrected chi connectivity index (χ2v) is 6.64. The number of amides is 1. The van der Waals surface area contributed by atoms with Crippen molar-refractivity contribution in [3.05, 3.63) is 65.9 Å². The first kappa shape index (κ1) is 15.7. The molecule has 6 nitrogen and oxygen atoms in total. The van der Waals surface area contributed by atoms with E-state index in [0.29, 0.717) is 11.4 Å². The van der Waals surface area contributed by atoms with Crippen LogP contribution in [0.3, 0.4) is 0 Å². The van der Waals surface area contributed by atoms with Crippen LogP contribution in [0.15, 0.2) is 64.5 Å². The number of carbonyl (C=O) groups is 1. The summed E-state index contributed by atoms with van der Waals surface area (Å²) in [5.41, 5.74) is 1.35. The number of aromatic amines is 1. The number of fused-ring (bicyclic) bond motifs is 1. The number of nitrogens with one attached hydrogen (secondary N) is 3. The Morgan fingerprint density at radius 1 is 1.20 bits per heavy atom. The van der Waals surface area contributed by atoms with E-state index in [1.165, 1.54) is 0 Å². The highest BCUT2D eigenvalue weighted by Crippen LogP contribution is 2.19. The molecular formula is C18H17N5OS. The molecule has 0 radical (unpaired) electrons. The quantitative estimate of drug-likeness (QED) is 0.740. The molecular weight excluding hydrogens is 334 g/mol. The lowest BCUT2D eigenvalue weighted by Crippen LogP contribution is -2.33. The predicted octanol–water partition coefficient (Wildman–Crippen LogP) is 2.60. The molecule has 0 fully saturated rings. The number of hydrogen-bond donors (Lipinski definition) is 3. The van der Waals surface area contributed by atoms with E-state index in [0.717, 1.165) is 16.4 Å². The smallest absolute Gasteiger partial charge is 0.256 e. The van der Waals surface area contributed by atoms with Crippen LogP contribution in [0, 0.1) is 0 Å². The molecule has 2 unspecified atom stereocenters.